The van der Waals surface area contributed by atoms with Crippen LogP contribution in [-0.4, -0.2) is 30.0 Å². The molecule has 148 valence electrons. The van der Waals surface area contributed by atoms with Gasteiger partial charge in [-0.2, -0.15) is 0 Å². The van der Waals surface area contributed by atoms with Gasteiger partial charge in [-0.05, 0) is 50.6 Å². The molecule has 0 atom stereocenters. The van der Waals surface area contributed by atoms with Crippen LogP contribution in [-0.2, 0) is 0 Å². The number of rotatable bonds is 4. The third-order valence-corrected chi connectivity index (χ3v) is 6.10. The lowest BCUT2D eigenvalue weighted by Crippen LogP contribution is -2.27. The molecule has 0 spiro atoms. The fraction of sp³-hybridized carbons (Fsp3) is 0.227. The zero-order chi connectivity index (χ0) is 20.5. The lowest BCUT2D eigenvalue weighted by molar-refractivity contribution is 0.103. The average molecular weight is 407 g/mol. The van der Waals surface area contributed by atoms with Crippen LogP contribution >= 0.6 is 11.3 Å². The number of hydrogen-bond acceptors (Lipinski definition) is 4. The van der Waals surface area contributed by atoms with Gasteiger partial charge in [0.1, 0.15) is 9.88 Å². The van der Waals surface area contributed by atoms with E-state index in [4.69, 9.17) is 0 Å². The van der Waals surface area contributed by atoms with Crippen molar-refractivity contribution in [3.63, 3.8) is 0 Å². The van der Waals surface area contributed by atoms with E-state index in [9.17, 15) is 9.59 Å². The first kappa shape index (κ1) is 19.1. The SMILES string of the molecule is Cc1ccc(-c2nc(C)c(C(=O)Nc3ccc(N4CCNC4=O)cc3)s2)c(C)c1. The predicted octanol–water partition coefficient (Wildman–Crippen LogP) is 4.52. The number of aryl methyl sites for hydroxylation is 3. The van der Waals surface area contributed by atoms with Gasteiger partial charge in [0.2, 0.25) is 0 Å². The van der Waals surface area contributed by atoms with Gasteiger partial charge in [0.25, 0.3) is 5.91 Å². The molecule has 1 aliphatic rings. The molecule has 0 saturated carbocycles. The second-order valence-corrected chi connectivity index (χ2v) is 8.14. The third-order valence-electron chi connectivity index (χ3n) is 4.91. The summed E-state index contributed by atoms with van der Waals surface area (Å²) in [4.78, 5) is 31.4. The summed E-state index contributed by atoms with van der Waals surface area (Å²) in [5.74, 6) is -0.178. The summed E-state index contributed by atoms with van der Waals surface area (Å²) in [5.41, 5.74) is 5.60. The number of aromatic nitrogens is 1. The highest BCUT2D eigenvalue weighted by molar-refractivity contribution is 7.17. The average Bonchev–Trinajstić information content (AvgIpc) is 3.28. The minimum atomic E-state index is -0.178. The first-order valence-corrected chi connectivity index (χ1v) is 10.3. The van der Waals surface area contributed by atoms with E-state index in [1.54, 1.807) is 17.0 Å². The van der Waals surface area contributed by atoms with E-state index >= 15 is 0 Å². The van der Waals surface area contributed by atoms with Gasteiger partial charge in [0.05, 0.1) is 5.69 Å². The number of carbonyl (C=O) groups excluding carboxylic acids is 2. The van der Waals surface area contributed by atoms with E-state index < -0.39 is 0 Å². The van der Waals surface area contributed by atoms with Crippen molar-refractivity contribution < 1.29 is 9.59 Å². The number of amides is 3. The van der Waals surface area contributed by atoms with Crippen molar-refractivity contribution in [1.29, 1.82) is 0 Å². The summed E-state index contributed by atoms with van der Waals surface area (Å²) in [5, 5.41) is 6.55. The molecule has 0 aliphatic carbocycles. The Kier molecular flexibility index (Phi) is 5.07. The molecule has 6 nitrogen and oxygen atoms in total. The molecule has 29 heavy (non-hydrogen) atoms. The van der Waals surface area contributed by atoms with Crippen LogP contribution < -0.4 is 15.5 Å². The molecule has 0 bridgehead atoms. The normalized spacial score (nSPS) is 13.5. The van der Waals surface area contributed by atoms with Crippen molar-refractivity contribution in [2.75, 3.05) is 23.3 Å². The van der Waals surface area contributed by atoms with Gasteiger partial charge in [0.15, 0.2) is 0 Å². The van der Waals surface area contributed by atoms with Gasteiger partial charge in [-0.1, -0.05) is 23.8 Å². The molecular formula is C22H22N4O2S. The first-order valence-electron chi connectivity index (χ1n) is 9.44. The van der Waals surface area contributed by atoms with Crippen LogP contribution in [0.4, 0.5) is 16.2 Å². The van der Waals surface area contributed by atoms with Crippen molar-refractivity contribution in [2.45, 2.75) is 20.8 Å². The predicted molar refractivity (Wildman–Crippen MR) is 117 cm³/mol. The molecule has 4 rings (SSSR count). The number of anilines is 2. The van der Waals surface area contributed by atoms with Gasteiger partial charge in [-0.3, -0.25) is 9.69 Å². The van der Waals surface area contributed by atoms with E-state index in [1.807, 2.05) is 19.1 Å². The Hall–Kier alpha value is -3.19. The lowest BCUT2D eigenvalue weighted by atomic mass is 10.1. The Morgan fingerprint density at radius 1 is 1.14 bits per heavy atom. The van der Waals surface area contributed by atoms with Crippen LogP contribution in [0, 0.1) is 20.8 Å². The molecule has 2 N–H and O–H groups in total. The molecule has 1 aromatic heterocycles. The molecular weight excluding hydrogens is 384 g/mol. The summed E-state index contributed by atoms with van der Waals surface area (Å²) < 4.78 is 0. The van der Waals surface area contributed by atoms with E-state index in [2.05, 4.69) is 47.7 Å². The van der Waals surface area contributed by atoms with E-state index in [-0.39, 0.29) is 11.9 Å². The Labute approximate surface area is 173 Å². The van der Waals surface area contributed by atoms with Gasteiger partial charge in [0, 0.05) is 30.0 Å². The van der Waals surface area contributed by atoms with Gasteiger partial charge < -0.3 is 10.6 Å². The Balaban J connectivity index is 1.51. The highest BCUT2D eigenvalue weighted by Gasteiger charge is 2.21. The van der Waals surface area contributed by atoms with Crippen LogP contribution in [0.25, 0.3) is 10.6 Å². The van der Waals surface area contributed by atoms with E-state index in [1.165, 1.54) is 16.9 Å². The summed E-state index contributed by atoms with van der Waals surface area (Å²) in [6.45, 7) is 7.26. The Morgan fingerprint density at radius 2 is 1.90 bits per heavy atom. The molecule has 1 fully saturated rings. The summed E-state index contributed by atoms with van der Waals surface area (Å²) >= 11 is 1.40. The molecule has 1 saturated heterocycles. The van der Waals surface area contributed by atoms with Crippen LogP contribution in [0.2, 0.25) is 0 Å². The fourth-order valence-electron chi connectivity index (χ4n) is 3.41. The quantitative estimate of drug-likeness (QED) is 0.669. The molecule has 0 radical (unpaired) electrons. The van der Waals surface area contributed by atoms with E-state index in [0.29, 0.717) is 29.3 Å². The van der Waals surface area contributed by atoms with Crippen molar-refractivity contribution >= 4 is 34.6 Å². The first-order chi connectivity index (χ1) is 13.9. The number of nitrogens with one attached hydrogen (secondary N) is 2. The minimum Gasteiger partial charge on any atom is -0.336 e. The maximum absolute atomic E-state index is 12.8. The zero-order valence-electron chi connectivity index (χ0n) is 16.6. The van der Waals surface area contributed by atoms with Crippen molar-refractivity contribution in [2.24, 2.45) is 0 Å². The maximum Gasteiger partial charge on any atom is 0.321 e. The minimum absolute atomic E-state index is 0.0963. The highest BCUT2D eigenvalue weighted by Crippen LogP contribution is 2.31. The van der Waals surface area contributed by atoms with Crippen molar-refractivity contribution in [3.05, 3.63) is 64.2 Å². The summed E-state index contributed by atoms with van der Waals surface area (Å²) in [7, 11) is 0. The van der Waals surface area contributed by atoms with Crippen LogP contribution in [0.15, 0.2) is 42.5 Å². The Bertz CT molecular complexity index is 1090. The largest absolute Gasteiger partial charge is 0.336 e. The van der Waals surface area contributed by atoms with Gasteiger partial charge in [-0.15, -0.1) is 11.3 Å². The van der Waals surface area contributed by atoms with Crippen LogP contribution in [0.1, 0.15) is 26.5 Å². The number of benzene rings is 2. The molecule has 2 aromatic carbocycles. The van der Waals surface area contributed by atoms with Crippen LogP contribution in [0.3, 0.4) is 0 Å². The maximum atomic E-state index is 12.8. The van der Waals surface area contributed by atoms with Crippen molar-refractivity contribution in [3.8, 4) is 10.6 Å². The fourth-order valence-corrected chi connectivity index (χ4v) is 4.46. The number of thiazole rings is 1. The third kappa shape index (κ3) is 3.86. The molecule has 1 aliphatic heterocycles. The zero-order valence-corrected chi connectivity index (χ0v) is 17.4. The topological polar surface area (TPSA) is 74.3 Å². The molecule has 7 heteroatoms. The van der Waals surface area contributed by atoms with E-state index in [0.717, 1.165) is 21.8 Å². The standard InChI is InChI=1S/C22H22N4O2S/c1-13-4-9-18(14(2)12-13)21-24-15(3)19(29-21)20(27)25-16-5-7-17(8-6-16)26-11-10-23-22(26)28/h4-9,12H,10-11H2,1-3H3,(H,23,28)(H,25,27). The molecule has 3 aromatic rings. The number of hydrogen-bond donors (Lipinski definition) is 2. The second-order valence-electron chi connectivity index (χ2n) is 7.14. The van der Waals surface area contributed by atoms with Crippen LogP contribution in [0.5, 0.6) is 0 Å². The monoisotopic (exact) mass is 406 g/mol. The molecule has 3 amide bonds. The Morgan fingerprint density at radius 3 is 2.55 bits per heavy atom. The number of carbonyl (C=O) groups is 2. The second kappa shape index (κ2) is 7.67. The summed E-state index contributed by atoms with van der Waals surface area (Å²) in [6, 6.07) is 13.4. The van der Waals surface area contributed by atoms with Gasteiger partial charge in [-0.25, -0.2) is 9.78 Å². The lowest BCUT2D eigenvalue weighted by Gasteiger charge is -2.14. The highest BCUT2D eigenvalue weighted by atomic mass is 32.1. The smallest absolute Gasteiger partial charge is 0.321 e. The number of urea groups is 1. The number of nitrogens with zero attached hydrogens (tertiary/aromatic N) is 2. The van der Waals surface area contributed by atoms with Crippen molar-refractivity contribution in [1.82, 2.24) is 10.3 Å². The summed E-state index contributed by atoms with van der Waals surface area (Å²) in [6.07, 6.45) is 0. The molecule has 0 unspecified atom stereocenters. The molecule has 2 heterocycles. The van der Waals surface area contributed by atoms with Gasteiger partial charge >= 0.3 is 6.03 Å².